The van der Waals surface area contributed by atoms with Crippen molar-refractivity contribution in [3.05, 3.63) is 17.5 Å². The van der Waals surface area contributed by atoms with Crippen LogP contribution in [0.1, 0.15) is 29.5 Å². The molecule has 1 aromatic heterocycles. The third-order valence-corrected chi connectivity index (χ3v) is 2.39. The van der Waals surface area contributed by atoms with Gasteiger partial charge in [0.1, 0.15) is 5.69 Å². The van der Waals surface area contributed by atoms with Gasteiger partial charge in [0.05, 0.1) is 5.69 Å². The van der Waals surface area contributed by atoms with E-state index in [1.807, 2.05) is 13.0 Å². The van der Waals surface area contributed by atoms with Gasteiger partial charge in [-0.1, -0.05) is 6.92 Å². The Morgan fingerprint density at radius 3 is 2.93 bits per heavy atom. The summed E-state index contributed by atoms with van der Waals surface area (Å²) in [7, 11) is 1.77. The van der Waals surface area contributed by atoms with Gasteiger partial charge in [0.2, 0.25) is 0 Å². The Hall–Kier alpha value is -1.03. The zero-order valence-corrected chi connectivity index (χ0v) is 9.84. The van der Waals surface area contributed by atoms with E-state index in [2.05, 4.69) is 10.4 Å². The molecule has 0 aliphatic heterocycles. The average Bonchev–Trinajstić information content (AvgIpc) is 2.60. The van der Waals surface area contributed by atoms with E-state index in [9.17, 15) is 4.79 Å². The average molecular weight is 230 g/mol. The second kappa shape index (κ2) is 5.75. The highest BCUT2D eigenvalue weighted by Crippen LogP contribution is 2.03. The molecule has 15 heavy (non-hydrogen) atoms. The number of carbonyl (C=O) groups excluding carboxylic acids is 1. The van der Waals surface area contributed by atoms with Crippen molar-refractivity contribution in [2.45, 2.75) is 19.8 Å². The summed E-state index contributed by atoms with van der Waals surface area (Å²) in [6.07, 6.45) is 1.62. The lowest BCUT2D eigenvalue weighted by Crippen LogP contribution is -2.26. The zero-order valence-electron chi connectivity index (χ0n) is 9.09. The van der Waals surface area contributed by atoms with Gasteiger partial charge in [-0.2, -0.15) is 5.10 Å². The molecule has 0 radical (unpaired) electrons. The van der Waals surface area contributed by atoms with Gasteiger partial charge < -0.3 is 5.32 Å². The third-order valence-electron chi connectivity index (χ3n) is 2.12. The number of nitrogens with one attached hydrogen (secondary N) is 1. The minimum atomic E-state index is -0.0881. The van der Waals surface area contributed by atoms with Crippen LogP contribution in [-0.2, 0) is 13.5 Å². The number of amides is 1. The molecule has 0 spiro atoms. The normalized spacial score (nSPS) is 10.3. The standard InChI is InChI=1S/C10H16ClN3O/c1-3-8-7-9(14(2)13-8)10(15)12-6-4-5-11/h7H,3-6H2,1-2H3,(H,12,15). The fourth-order valence-electron chi connectivity index (χ4n) is 1.27. The minimum Gasteiger partial charge on any atom is -0.351 e. The van der Waals surface area contributed by atoms with Crippen LogP contribution < -0.4 is 5.32 Å². The van der Waals surface area contributed by atoms with Crippen LogP contribution in [-0.4, -0.2) is 28.1 Å². The number of halogens is 1. The molecule has 84 valence electrons. The molecule has 0 aliphatic carbocycles. The van der Waals surface area contributed by atoms with Gasteiger partial charge in [-0.3, -0.25) is 9.48 Å². The van der Waals surface area contributed by atoms with Gasteiger partial charge in [0.25, 0.3) is 5.91 Å². The molecule has 0 aliphatic rings. The first-order valence-corrected chi connectivity index (χ1v) is 5.59. The van der Waals surface area contributed by atoms with Gasteiger partial charge in [0, 0.05) is 19.5 Å². The van der Waals surface area contributed by atoms with Crippen LogP contribution in [0.5, 0.6) is 0 Å². The van der Waals surface area contributed by atoms with Crippen molar-refractivity contribution in [1.82, 2.24) is 15.1 Å². The van der Waals surface area contributed by atoms with E-state index >= 15 is 0 Å². The van der Waals surface area contributed by atoms with Crippen molar-refractivity contribution in [2.75, 3.05) is 12.4 Å². The maximum Gasteiger partial charge on any atom is 0.269 e. The van der Waals surface area contributed by atoms with Crippen molar-refractivity contribution < 1.29 is 4.79 Å². The Labute approximate surface area is 94.6 Å². The van der Waals surface area contributed by atoms with Crippen LogP contribution in [0.3, 0.4) is 0 Å². The molecular weight excluding hydrogens is 214 g/mol. The number of carbonyl (C=O) groups is 1. The quantitative estimate of drug-likeness (QED) is 0.612. The lowest BCUT2D eigenvalue weighted by atomic mass is 10.3. The van der Waals surface area contributed by atoms with E-state index < -0.39 is 0 Å². The summed E-state index contributed by atoms with van der Waals surface area (Å²) < 4.78 is 1.61. The van der Waals surface area contributed by atoms with Crippen LogP contribution in [0.4, 0.5) is 0 Å². The highest BCUT2D eigenvalue weighted by atomic mass is 35.5. The molecule has 1 N–H and O–H groups in total. The van der Waals surface area contributed by atoms with Crippen LogP contribution in [0.15, 0.2) is 6.07 Å². The summed E-state index contributed by atoms with van der Waals surface area (Å²) in [5.74, 6) is 0.473. The molecule has 4 nitrogen and oxygen atoms in total. The first kappa shape index (κ1) is 12.0. The summed E-state index contributed by atoms with van der Waals surface area (Å²) in [4.78, 5) is 11.7. The van der Waals surface area contributed by atoms with E-state index in [4.69, 9.17) is 11.6 Å². The number of rotatable bonds is 5. The predicted octanol–water partition coefficient (Wildman–Crippen LogP) is 1.34. The van der Waals surface area contributed by atoms with Gasteiger partial charge in [-0.15, -0.1) is 11.6 Å². The largest absolute Gasteiger partial charge is 0.351 e. The lowest BCUT2D eigenvalue weighted by molar-refractivity contribution is 0.0944. The van der Waals surface area contributed by atoms with E-state index in [0.717, 1.165) is 18.5 Å². The molecule has 1 rings (SSSR count). The Morgan fingerprint density at radius 1 is 1.67 bits per heavy atom. The molecule has 0 saturated heterocycles. The highest BCUT2D eigenvalue weighted by Gasteiger charge is 2.11. The summed E-state index contributed by atoms with van der Waals surface area (Å²) in [6, 6.07) is 1.82. The van der Waals surface area contributed by atoms with Crippen LogP contribution in [0.2, 0.25) is 0 Å². The van der Waals surface area contributed by atoms with Crippen molar-refractivity contribution in [2.24, 2.45) is 7.05 Å². The van der Waals surface area contributed by atoms with Crippen molar-refractivity contribution >= 4 is 17.5 Å². The first-order valence-electron chi connectivity index (χ1n) is 5.06. The number of alkyl halides is 1. The Kier molecular flexibility index (Phi) is 4.62. The molecule has 5 heteroatoms. The number of hydrogen-bond acceptors (Lipinski definition) is 2. The zero-order chi connectivity index (χ0) is 11.3. The number of aryl methyl sites for hydroxylation is 2. The second-order valence-electron chi connectivity index (χ2n) is 3.30. The van der Waals surface area contributed by atoms with Gasteiger partial charge in [-0.25, -0.2) is 0 Å². The van der Waals surface area contributed by atoms with Gasteiger partial charge in [-0.05, 0) is 18.9 Å². The van der Waals surface area contributed by atoms with E-state index in [1.165, 1.54) is 0 Å². The molecular formula is C10H16ClN3O. The lowest BCUT2D eigenvalue weighted by Gasteiger charge is -2.03. The molecule has 0 unspecified atom stereocenters. The molecule has 0 bridgehead atoms. The van der Waals surface area contributed by atoms with Crippen molar-refractivity contribution in [3.63, 3.8) is 0 Å². The molecule has 0 saturated carbocycles. The van der Waals surface area contributed by atoms with Crippen LogP contribution in [0, 0.1) is 0 Å². The number of hydrogen-bond donors (Lipinski definition) is 1. The maximum atomic E-state index is 11.7. The first-order chi connectivity index (χ1) is 7.19. The van der Waals surface area contributed by atoms with Crippen molar-refractivity contribution in [3.8, 4) is 0 Å². The van der Waals surface area contributed by atoms with E-state index in [1.54, 1.807) is 11.7 Å². The smallest absolute Gasteiger partial charge is 0.269 e. The predicted molar refractivity (Wildman–Crippen MR) is 60.3 cm³/mol. The Bertz CT molecular complexity index is 335. The fraction of sp³-hybridized carbons (Fsp3) is 0.600. The second-order valence-corrected chi connectivity index (χ2v) is 3.67. The topological polar surface area (TPSA) is 46.9 Å². The SMILES string of the molecule is CCc1cc(C(=O)NCCCCl)n(C)n1. The van der Waals surface area contributed by atoms with Gasteiger partial charge in [0.15, 0.2) is 0 Å². The molecule has 1 heterocycles. The fourth-order valence-corrected chi connectivity index (χ4v) is 1.40. The van der Waals surface area contributed by atoms with Crippen molar-refractivity contribution in [1.29, 1.82) is 0 Å². The summed E-state index contributed by atoms with van der Waals surface area (Å²) >= 11 is 5.52. The summed E-state index contributed by atoms with van der Waals surface area (Å²) in [5.41, 5.74) is 1.53. The molecule has 0 atom stereocenters. The third kappa shape index (κ3) is 3.23. The Balaban J connectivity index is 2.60. The van der Waals surface area contributed by atoms with Crippen LogP contribution >= 0.6 is 11.6 Å². The molecule has 0 fully saturated rings. The molecule has 1 aromatic rings. The summed E-state index contributed by atoms with van der Waals surface area (Å²) in [6.45, 7) is 2.62. The monoisotopic (exact) mass is 229 g/mol. The van der Waals surface area contributed by atoms with E-state index in [0.29, 0.717) is 18.1 Å². The molecule has 0 aromatic carbocycles. The van der Waals surface area contributed by atoms with Gasteiger partial charge >= 0.3 is 0 Å². The Morgan fingerprint density at radius 2 is 2.40 bits per heavy atom. The molecule has 1 amide bonds. The van der Waals surface area contributed by atoms with E-state index in [-0.39, 0.29) is 5.91 Å². The maximum absolute atomic E-state index is 11.7. The number of aromatic nitrogens is 2. The summed E-state index contributed by atoms with van der Waals surface area (Å²) in [5, 5.41) is 7.00. The highest BCUT2D eigenvalue weighted by molar-refractivity contribution is 6.17. The number of nitrogens with zero attached hydrogens (tertiary/aromatic N) is 2. The minimum absolute atomic E-state index is 0.0881. The van der Waals surface area contributed by atoms with Crippen LogP contribution in [0.25, 0.3) is 0 Å².